The number of carbonyl (C=O) groups is 3. The summed E-state index contributed by atoms with van der Waals surface area (Å²) >= 11 is 0. The van der Waals surface area contributed by atoms with Crippen LogP contribution in [0.1, 0.15) is 27.2 Å². The molecule has 0 radical (unpaired) electrons. The number of imide groups is 1. The van der Waals surface area contributed by atoms with E-state index in [0.717, 1.165) is 4.90 Å². The summed E-state index contributed by atoms with van der Waals surface area (Å²) in [6, 6.07) is -0.478. The van der Waals surface area contributed by atoms with E-state index < -0.39 is 17.7 Å². The van der Waals surface area contributed by atoms with Crippen LogP contribution in [0.15, 0.2) is 0 Å². The molecule has 1 heterocycles. The highest BCUT2D eigenvalue weighted by atomic mass is 16.3. The molecule has 0 aliphatic carbocycles. The smallest absolute Gasteiger partial charge is 0.325 e. The Hall–Kier alpha value is -1.63. The number of hydrogen-bond donors (Lipinski definition) is 3. The molecule has 3 N–H and O–H groups in total. The quantitative estimate of drug-likeness (QED) is 0.562. The van der Waals surface area contributed by atoms with Crippen LogP contribution in [0.25, 0.3) is 0 Å². The third-order valence-electron chi connectivity index (χ3n) is 2.60. The van der Waals surface area contributed by atoms with Crippen molar-refractivity contribution in [2.45, 2.75) is 38.8 Å². The average molecular weight is 257 g/mol. The van der Waals surface area contributed by atoms with Crippen molar-refractivity contribution >= 4 is 17.8 Å². The van der Waals surface area contributed by atoms with Crippen LogP contribution in [-0.2, 0) is 9.59 Å². The SMILES string of the molecule is C[C@H](O)CNC(=O)CCN1C(=O)NC(C)(C)C1=O. The summed E-state index contributed by atoms with van der Waals surface area (Å²) in [4.78, 5) is 35.7. The molecule has 0 bridgehead atoms. The largest absolute Gasteiger partial charge is 0.392 e. The van der Waals surface area contributed by atoms with Crippen molar-refractivity contribution in [2.75, 3.05) is 13.1 Å². The molecule has 1 rings (SSSR count). The maximum absolute atomic E-state index is 11.8. The van der Waals surface area contributed by atoms with Gasteiger partial charge in [0.05, 0.1) is 6.10 Å². The Labute approximate surface area is 106 Å². The normalized spacial score (nSPS) is 19.7. The van der Waals surface area contributed by atoms with E-state index in [0.29, 0.717) is 0 Å². The second-order valence-electron chi connectivity index (χ2n) is 4.92. The van der Waals surface area contributed by atoms with Crippen LogP contribution in [0.3, 0.4) is 0 Å². The topological polar surface area (TPSA) is 98.7 Å². The van der Waals surface area contributed by atoms with Gasteiger partial charge in [0.25, 0.3) is 5.91 Å². The predicted molar refractivity (Wildman–Crippen MR) is 63.6 cm³/mol. The molecule has 0 spiro atoms. The highest BCUT2D eigenvalue weighted by Crippen LogP contribution is 2.16. The first kappa shape index (κ1) is 14.4. The summed E-state index contributed by atoms with van der Waals surface area (Å²) < 4.78 is 0. The van der Waals surface area contributed by atoms with Crippen molar-refractivity contribution < 1.29 is 19.5 Å². The molecular formula is C11H19N3O4. The fourth-order valence-corrected chi connectivity index (χ4v) is 1.58. The number of urea groups is 1. The number of aliphatic hydroxyl groups is 1. The molecule has 1 saturated heterocycles. The van der Waals surface area contributed by atoms with E-state index in [1.165, 1.54) is 0 Å². The summed E-state index contributed by atoms with van der Waals surface area (Å²) in [5, 5.41) is 14.0. The van der Waals surface area contributed by atoms with Crippen molar-refractivity contribution in [3.8, 4) is 0 Å². The van der Waals surface area contributed by atoms with Crippen molar-refractivity contribution in [3.63, 3.8) is 0 Å². The van der Waals surface area contributed by atoms with Crippen LogP contribution in [-0.4, -0.2) is 52.6 Å². The summed E-state index contributed by atoms with van der Waals surface area (Å²) in [5.41, 5.74) is -0.910. The van der Waals surface area contributed by atoms with Crippen LogP contribution in [0.5, 0.6) is 0 Å². The lowest BCUT2D eigenvalue weighted by molar-refractivity contribution is -0.130. The van der Waals surface area contributed by atoms with Gasteiger partial charge in [0.2, 0.25) is 5.91 Å². The van der Waals surface area contributed by atoms with Crippen molar-refractivity contribution in [1.29, 1.82) is 0 Å². The average Bonchev–Trinajstić information content (AvgIpc) is 2.43. The molecule has 0 aromatic carbocycles. The van der Waals surface area contributed by atoms with E-state index in [1.807, 2.05) is 0 Å². The minimum absolute atomic E-state index is 0.0297. The van der Waals surface area contributed by atoms with Gasteiger partial charge in [-0.1, -0.05) is 0 Å². The minimum atomic E-state index is -0.910. The molecule has 0 aromatic heterocycles. The summed E-state index contributed by atoms with van der Waals surface area (Å²) in [5.74, 6) is -0.642. The molecule has 18 heavy (non-hydrogen) atoms. The number of nitrogens with one attached hydrogen (secondary N) is 2. The van der Waals surface area contributed by atoms with Gasteiger partial charge in [0, 0.05) is 19.5 Å². The first-order valence-corrected chi connectivity index (χ1v) is 5.83. The zero-order valence-electron chi connectivity index (χ0n) is 10.8. The molecule has 0 aromatic rings. The maximum Gasteiger partial charge on any atom is 0.325 e. The van der Waals surface area contributed by atoms with Crippen LogP contribution in [0, 0.1) is 0 Å². The Kier molecular flexibility index (Phi) is 4.28. The molecule has 102 valence electrons. The molecule has 0 unspecified atom stereocenters. The lowest BCUT2D eigenvalue weighted by atomic mass is 10.1. The Balaban J connectivity index is 2.42. The highest BCUT2D eigenvalue weighted by molar-refractivity contribution is 6.06. The second kappa shape index (κ2) is 5.34. The third kappa shape index (κ3) is 3.43. The van der Waals surface area contributed by atoms with Crippen LogP contribution in [0.2, 0.25) is 0 Å². The van der Waals surface area contributed by atoms with E-state index >= 15 is 0 Å². The molecule has 1 fully saturated rings. The summed E-state index contributed by atoms with van der Waals surface area (Å²) in [6.07, 6.45) is -0.591. The lowest BCUT2D eigenvalue weighted by Crippen LogP contribution is -2.41. The van der Waals surface area contributed by atoms with Crippen LogP contribution in [0.4, 0.5) is 4.79 Å². The number of hydrogen-bond acceptors (Lipinski definition) is 4. The third-order valence-corrected chi connectivity index (χ3v) is 2.60. The zero-order chi connectivity index (χ0) is 13.9. The first-order chi connectivity index (χ1) is 8.24. The molecule has 7 heteroatoms. The highest BCUT2D eigenvalue weighted by Gasteiger charge is 2.43. The Morgan fingerprint density at radius 3 is 2.56 bits per heavy atom. The van der Waals surface area contributed by atoms with E-state index in [1.54, 1.807) is 20.8 Å². The molecular weight excluding hydrogens is 238 g/mol. The predicted octanol–water partition coefficient (Wildman–Crippen LogP) is -0.796. The monoisotopic (exact) mass is 257 g/mol. The second-order valence-corrected chi connectivity index (χ2v) is 4.92. The van der Waals surface area contributed by atoms with Crippen molar-refractivity contribution in [3.05, 3.63) is 0 Å². The molecule has 1 aliphatic rings. The maximum atomic E-state index is 11.8. The van der Waals surface area contributed by atoms with E-state index in [-0.39, 0.29) is 31.3 Å². The van der Waals surface area contributed by atoms with Crippen LogP contribution >= 0.6 is 0 Å². The van der Waals surface area contributed by atoms with E-state index in [2.05, 4.69) is 10.6 Å². The number of aliphatic hydroxyl groups excluding tert-OH is 1. The molecule has 7 nitrogen and oxygen atoms in total. The Morgan fingerprint density at radius 1 is 1.50 bits per heavy atom. The Morgan fingerprint density at radius 2 is 2.11 bits per heavy atom. The first-order valence-electron chi connectivity index (χ1n) is 5.83. The number of rotatable bonds is 5. The number of nitrogens with zero attached hydrogens (tertiary/aromatic N) is 1. The zero-order valence-corrected chi connectivity index (χ0v) is 10.8. The van der Waals surface area contributed by atoms with Gasteiger partial charge < -0.3 is 15.7 Å². The summed E-state index contributed by atoms with van der Waals surface area (Å²) in [6.45, 7) is 4.98. The van der Waals surface area contributed by atoms with Gasteiger partial charge in [0.15, 0.2) is 0 Å². The van der Waals surface area contributed by atoms with Gasteiger partial charge in [-0.15, -0.1) is 0 Å². The minimum Gasteiger partial charge on any atom is -0.392 e. The van der Waals surface area contributed by atoms with Gasteiger partial charge in [0.1, 0.15) is 5.54 Å². The van der Waals surface area contributed by atoms with Crippen LogP contribution < -0.4 is 10.6 Å². The number of amides is 4. The standard InChI is InChI=1S/C11H19N3O4/c1-7(15)6-12-8(16)4-5-14-9(17)11(2,3)13-10(14)18/h7,15H,4-6H2,1-3H3,(H,12,16)(H,13,18)/t7-/m0/s1. The number of carbonyl (C=O) groups excluding carboxylic acids is 3. The van der Waals surface area contributed by atoms with Gasteiger partial charge in [-0.05, 0) is 20.8 Å². The molecule has 1 atom stereocenters. The van der Waals surface area contributed by atoms with Gasteiger partial charge in [-0.25, -0.2) is 4.79 Å². The van der Waals surface area contributed by atoms with Gasteiger partial charge >= 0.3 is 6.03 Å². The fraction of sp³-hybridized carbons (Fsp3) is 0.727. The van der Waals surface area contributed by atoms with Gasteiger partial charge in [-0.2, -0.15) is 0 Å². The molecule has 1 aliphatic heterocycles. The fourth-order valence-electron chi connectivity index (χ4n) is 1.58. The Bertz CT molecular complexity index is 365. The summed E-state index contributed by atoms with van der Waals surface area (Å²) in [7, 11) is 0. The van der Waals surface area contributed by atoms with Crippen molar-refractivity contribution in [2.24, 2.45) is 0 Å². The lowest BCUT2D eigenvalue weighted by Gasteiger charge is -2.15. The van der Waals surface area contributed by atoms with Gasteiger partial charge in [-0.3, -0.25) is 14.5 Å². The molecule has 4 amide bonds. The van der Waals surface area contributed by atoms with Crippen molar-refractivity contribution in [1.82, 2.24) is 15.5 Å². The molecule has 0 saturated carbocycles. The van der Waals surface area contributed by atoms with E-state index in [9.17, 15) is 14.4 Å². The van der Waals surface area contributed by atoms with E-state index in [4.69, 9.17) is 5.11 Å².